The predicted molar refractivity (Wildman–Crippen MR) is 116 cm³/mol. The number of thiophene rings is 1. The molecular weight excluding hydrogens is 370 g/mol. The Kier molecular flexibility index (Phi) is 6.73. The van der Waals surface area contributed by atoms with Crippen molar-refractivity contribution in [2.24, 2.45) is 0 Å². The molecule has 1 N–H and O–H groups in total. The van der Waals surface area contributed by atoms with Gasteiger partial charge in [0.25, 0.3) is 5.91 Å². The Morgan fingerprint density at radius 3 is 2.50 bits per heavy atom. The predicted octanol–water partition coefficient (Wildman–Crippen LogP) is 4.75. The largest absolute Gasteiger partial charge is 0.377 e. The second kappa shape index (κ2) is 9.24. The minimum absolute atomic E-state index is 0.103. The van der Waals surface area contributed by atoms with E-state index in [1.807, 2.05) is 54.7 Å². The number of hydrogen-bond donors (Lipinski definition) is 1. The van der Waals surface area contributed by atoms with E-state index in [2.05, 4.69) is 10.2 Å². The zero-order chi connectivity index (χ0) is 20.1. The van der Waals surface area contributed by atoms with Crippen molar-refractivity contribution < 1.29 is 9.59 Å². The molecule has 1 saturated carbocycles. The van der Waals surface area contributed by atoms with Gasteiger partial charge in [-0.1, -0.05) is 25.3 Å². The van der Waals surface area contributed by atoms with E-state index in [4.69, 9.17) is 0 Å². The standard InChI is InChI=1S/C22H29N3O2S/c1-16(26)25(19-8-5-4-6-9-19)15-17-14-18(11-12-20(17)24(2)3)23-22(27)21-10-7-13-28-21/h7,10-14,19H,4-6,8-9,15H2,1-3H3,(H,23,27). The van der Waals surface area contributed by atoms with Gasteiger partial charge in [-0.25, -0.2) is 0 Å². The number of hydrogen-bond acceptors (Lipinski definition) is 4. The molecule has 1 aromatic carbocycles. The topological polar surface area (TPSA) is 52.7 Å². The third-order valence-electron chi connectivity index (χ3n) is 5.32. The van der Waals surface area contributed by atoms with E-state index in [1.54, 1.807) is 6.92 Å². The Balaban J connectivity index is 1.84. The van der Waals surface area contributed by atoms with E-state index < -0.39 is 0 Å². The van der Waals surface area contributed by atoms with Gasteiger partial charge in [0.05, 0.1) is 4.88 Å². The van der Waals surface area contributed by atoms with Gasteiger partial charge in [-0.15, -0.1) is 11.3 Å². The van der Waals surface area contributed by atoms with Gasteiger partial charge < -0.3 is 15.1 Å². The molecule has 1 heterocycles. The SMILES string of the molecule is CC(=O)N(Cc1cc(NC(=O)c2cccs2)ccc1N(C)C)C1CCCCC1. The molecular formula is C22H29N3O2S. The van der Waals surface area contributed by atoms with Crippen molar-refractivity contribution in [2.45, 2.75) is 51.6 Å². The molecule has 1 fully saturated rings. The second-order valence-corrected chi connectivity index (χ2v) is 8.56. The van der Waals surface area contributed by atoms with Crippen molar-refractivity contribution in [3.8, 4) is 0 Å². The fraction of sp³-hybridized carbons (Fsp3) is 0.455. The molecule has 5 nitrogen and oxygen atoms in total. The summed E-state index contributed by atoms with van der Waals surface area (Å²) in [5, 5.41) is 4.88. The van der Waals surface area contributed by atoms with Gasteiger partial charge in [-0.3, -0.25) is 9.59 Å². The van der Waals surface area contributed by atoms with Crippen LogP contribution in [0, 0.1) is 0 Å². The molecule has 2 amide bonds. The Bertz CT molecular complexity index is 811. The lowest BCUT2D eigenvalue weighted by atomic mass is 9.93. The molecule has 1 aliphatic carbocycles. The summed E-state index contributed by atoms with van der Waals surface area (Å²) in [5.74, 6) is 0.0129. The third-order valence-corrected chi connectivity index (χ3v) is 6.19. The molecule has 1 aromatic heterocycles. The number of carbonyl (C=O) groups is 2. The third kappa shape index (κ3) is 4.93. The van der Waals surface area contributed by atoms with Crippen LogP contribution in [0.3, 0.4) is 0 Å². The first kappa shape index (κ1) is 20.4. The smallest absolute Gasteiger partial charge is 0.265 e. The molecule has 2 aromatic rings. The summed E-state index contributed by atoms with van der Waals surface area (Å²) >= 11 is 1.42. The summed E-state index contributed by atoms with van der Waals surface area (Å²) in [6.07, 6.45) is 5.78. The van der Waals surface area contributed by atoms with Crippen molar-refractivity contribution in [3.05, 3.63) is 46.2 Å². The van der Waals surface area contributed by atoms with Crippen molar-refractivity contribution in [1.82, 2.24) is 4.90 Å². The Hall–Kier alpha value is -2.34. The lowest BCUT2D eigenvalue weighted by Gasteiger charge is -2.34. The van der Waals surface area contributed by atoms with Crippen LogP contribution in [0.2, 0.25) is 0 Å². The monoisotopic (exact) mass is 399 g/mol. The van der Waals surface area contributed by atoms with Crippen LogP contribution in [0.25, 0.3) is 0 Å². The summed E-state index contributed by atoms with van der Waals surface area (Å²) < 4.78 is 0. The molecule has 0 spiro atoms. The number of nitrogens with one attached hydrogen (secondary N) is 1. The molecule has 0 saturated heterocycles. The van der Waals surface area contributed by atoms with Gasteiger partial charge >= 0.3 is 0 Å². The summed E-state index contributed by atoms with van der Waals surface area (Å²) in [7, 11) is 4.00. The number of amides is 2. The highest BCUT2D eigenvalue weighted by Gasteiger charge is 2.24. The van der Waals surface area contributed by atoms with Crippen LogP contribution < -0.4 is 10.2 Å². The lowest BCUT2D eigenvalue weighted by molar-refractivity contribution is -0.132. The summed E-state index contributed by atoms with van der Waals surface area (Å²) in [6, 6.07) is 9.93. The van der Waals surface area contributed by atoms with E-state index >= 15 is 0 Å². The molecule has 1 aliphatic rings. The Morgan fingerprint density at radius 1 is 1.14 bits per heavy atom. The summed E-state index contributed by atoms with van der Waals surface area (Å²) in [5.41, 5.74) is 2.87. The minimum Gasteiger partial charge on any atom is -0.377 e. The normalized spacial score (nSPS) is 14.5. The number of carbonyl (C=O) groups excluding carboxylic acids is 2. The van der Waals surface area contributed by atoms with E-state index in [1.165, 1.54) is 30.6 Å². The molecule has 28 heavy (non-hydrogen) atoms. The van der Waals surface area contributed by atoms with Crippen LogP contribution in [0.5, 0.6) is 0 Å². The fourth-order valence-electron chi connectivity index (χ4n) is 3.90. The van der Waals surface area contributed by atoms with Crippen molar-refractivity contribution in [2.75, 3.05) is 24.3 Å². The van der Waals surface area contributed by atoms with Gasteiger partial charge in [0.15, 0.2) is 0 Å². The van der Waals surface area contributed by atoms with E-state index in [-0.39, 0.29) is 11.8 Å². The van der Waals surface area contributed by atoms with E-state index in [9.17, 15) is 9.59 Å². The lowest BCUT2D eigenvalue weighted by Crippen LogP contribution is -2.39. The minimum atomic E-state index is -0.103. The van der Waals surface area contributed by atoms with Gasteiger partial charge in [0.1, 0.15) is 0 Å². The zero-order valence-corrected chi connectivity index (χ0v) is 17.7. The van der Waals surface area contributed by atoms with Gasteiger partial charge in [0, 0.05) is 45.0 Å². The fourth-order valence-corrected chi connectivity index (χ4v) is 4.52. The van der Waals surface area contributed by atoms with Crippen molar-refractivity contribution in [3.63, 3.8) is 0 Å². The summed E-state index contributed by atoms with van der Waals surface area (Å²) in [6.45, 7) is 2.22. The van der Waals surface area contributed by atoms with Crippen LogP contribution in [-0.2, 0) is 11.3 Å². The highest BCUT2D eigenvalue weighted by molar-refractivity contribution is 7.12. The number of rotatable bonds is 6. The first-order valence-electron chi connectivity index (χ1n) is 9.88. The average molecular weight is 400 g/mol. The van der Waals surface area contributed by atoms with Crippen LogP contribution >= 0.6 is 11.3 Å². The maximum absolute atomic E-state index is 12.4. The molecule has 0 atom stereocenters. The summed E-state index contributed by atoms with van der Waals surface area (Å²) in [4.78, 5) is 29.5. The first-order valence-corrected chi connectivity index (χ1v) is 10.8. The zero-order valence-electron chi connectivity index (χ0n) is 16.9. The van der Waals surface area contributed by atoms with Crippen LogP contribution in [0.4, 0.5) is 11.4 Å². The van der Waals surface area contributed by atoms with E-state index in [0.717, 1.165) is 29.8 Å². The Labute approximate surface area is 171 Å². The number of nitrogens with zero attached hydrogens (tertiary/aromatic N) is 2. The molecule has 0 aliphatic heterocycles. The van der Waals surface area contributed by atoms with Crippen molar-refractivity contribution >= 4 is 34.5 Å². The van der Waals surface area contributed by atoms with E-state index in [0.29, 0.717) is 17.5 Å². The van der Waals surface area contributed by atoms with Crippen LogP contribution in [0.1, 0.15) is 54.3 Å². The highest BCUT2D eigenvalue weighted by atomic mass is 32.1. The number of anilines is 2. The molecule has 0 radical (unpaired) electrons. The van der Waals surface area contributed by atoms with Crippen LogP contribution in [0.15, 0.2) is 35.7 Å². The van der Waals surface area contributed by atoms with Gasteiger partial charge in [0.2, 0.25) is 5.91 Å². The van der Waals surface area contributed by atoms with Gasteiger partial charge in [-0.2, -0.15) is 0 Å². The second-order valence-electron chi connectivity index (χ2n) is 7.61. The molecule has 150 valence electrons. The number of benzene rings is 1. The molecule has 0 unspecified atom stereocenters. The quantitative estimate of drug-likeness (QED) is 0.763. The average Bonchev–Trinajstić information content (AvgIpc) is 3.21. The maximum Gasteiger partial charge on any atom is 0.265 e. The first-order chi connectivity index (χ1) is 13.5. The maximum atomic E-state index is 12.4. The Morgan fingerprint density at radius 2 is 1.89 bits per heavy atom. The highest BCUT2D eigenvalue weighted by Crippen LogP contribution is 2.29. The van der Waals surface area contributed by atoms with Gasteiger partial charge in [-0.05, 0) is 48.1 Å². The molecule has 3 rings (SSSR count). The molecule has 0 bridgehead atoms. The van der Waals surface area contributed by atoms with Crippen molar-refractivity contribution in [1.29, 1.82) is 0 Å². The van der Waals surface area contributed by atoms with Crippen LogP contribution in [-0.4, -0.2) is 36.9 Å². The molecule has 6 heteroatoms.